The second kappa shape index (κ2) is 4.18. The largest absolute Gasteiger partial charge is 0.425 e. The zero-order valence-corrected chi connectivity index (χ0v) is 8.87. The van der Waals surface area contributed by atoms with Crippen molar-refractivity contribution in [3.8, 4) is 5.75 Å². The molecule has 0 radical (unpaired) electrons. The fourth-order valence-electron chi connectivity index (χ4n) is 0.742. The Labute approximate surface area is 90.3 Å². The highest BCUT2D eigenvalue weighted by molar-refractivity contribution is 6.48. The summed E-state index contributed by atoms with van der Waals surface area (Å²) in [6, 6.07) is 2.99. The van der Waals surface area contributed by atoms with Crippen LogP contribution in [0, 0.1) is 0 Å². The van der Waals surface area contributed by atoms with Crippen molar-refractivity contribution in [3.63, 3.8) is 0 Å². The number of esters is 1. The van der Waals surface area contributed by atoms with Crippen molar-refractivity contribution < 1.29 is 9.53 Å². The van der Waals surface area contributed by atoms with Gasteiger partial charge in [0.05, 0.1) is 10.0 Å². The second-order valence-electron chi connectivity index (χ2n) is 2.27. The van der Waals surface area contributed by atoms with Crippen LogP contribution in [0.2, 0.25) is 15.1 Å². The van der Waals surface area contributed by atoms with Crippen LogP contribution in [0.4, 0.5) is 0 Å². The summed E-state index contributed by atoms with van der Waals surface area (Å²) in [6.07, 6.45) is 0. The highest BCUT2D eigenvalue weighted by Crippen LogP contribution is 2.36. The van der Waals surface area contributed by atoms with Crippen LogP contribution in [-0.2, 0) is 4.79 Å². The molecular formula is C8H5Cl3O2. The van der Waals surface area contributed by atoms with E-state index < -0.39 is 5.97 Å². The molecule has 0 saturated heterocycles. The molecule has 0 aliphatic rings. The second-order valence-corrected chi connectivity index (χ2v) is 3.43. The summed E-state index contributed by atoms with van der Waals surface area (Å²) < 4.78 is 4.77. The first-order chi connectivity index (χ1) is 6.02. The minimum absolute atomic E-state index is 0.143. The average molecular weight is 239 g/mol. The molecule has 0 saturated carbocycles. The van der Waals surface area contributed by atoms with Gasteiger partial charge in [-0.15, -0.1) is 0 Å². The monoisotopic (exact) mass is 238 g/mol. The van der Waals surface area contributed by atoms with Gasteiger partial charge in [-0.05, 0) is 12.1 Å². The molecule has 0 atom stereocenters. The summed E-state index contributed by atoms with van der Waals surface area (Å²) in [7, 11) is 0. The SMILES string of the molecule is CC(=O)Oc1ccc(Cl)c(Cl)c1Cl. The lowest BCUT2D eigenvalue weighted by Gasteiger charge is -2.05. The first kappa shape index (κ1) is 10.6. The van der Waals surface area contributed by atoms with Crippen LogP contribution in [0.15, 0.2) is 12.1 Å². The van der Waals surface area contributed by atoms with Crippen molar-refractivity contribution in [3.05, 3.63) is 27.2 Å². The highest BCUT2D eigenvalue weighted by Gasteiger charge is 2.10. The van der Waals surface area contributed by atoms with Gasteiger partial charge >= 0.3 is 5.97 Å². The highest BCUT2D eigenvalue weighted by atomic mass is 35.5. The molecule has 0 aromatic heterocycles. The molecule has 0 spiro atoms. The molecule has 1 aromatic rings. The van der Waals surface area contributed by atoms with E-state index in [1.165, 1.54) is 19.1 Å². The Bertz CT molecular complexity index is 349. The predicted molar refractivity (Wildman–Crippen MR) is 52.8 cm³/mol. The van der Waals surface area contributed by atoms with Crippen molar-refractivity contribution in [2.75, 3.05) is 0 Å². The first-order valence-corrected chi connectivity index (χ1v) is 4.47. The molecule has 0 aliphatic carbocycles. The quantitative estimate of drug-likeness (QED) is 0.425. The van der Waals surface area contributed by atoms with E-state index in [1.54, 1.807) is 0 Å². The van der Waals surface area contributed by atoms with E-state index in [0.29, 0.717) is 5.02 Å². The van der Waals surface area contributed by atoms with Gasteiger partial charge in [0.15, 0.2) is 5.75 Å². The standard InChI is InChI=1S/C8H5Cl3O2/c1-4(12)13-6-3-2-5(9)7(10)8(6)11/h2-3H,1H3. The maximum Gasteiger partial charge on any atom is 0.308 e. The van der Waals surface area contributed by atoms with E-state index in [-0.39, 0.29) is 15.8 Å². The molecule has 0 aliphatic heterocycles. The van der Waals surface area contributed by atoms with Gasteiger partial charge in [-0.25, -0.2) is 0 Å². The fraction of sp³-hybridized carbons (Fsp3) is 0.125. The van der Waals surface area contributed by atoms with E-state index in [1.807, 2.05) is 0 Å². The zero-order valence-electron chi connectivity index (χ0n) is 6.61. The van der Waals surface area contributed by atoms with Gasteiger partial charge in [0.1, 0.15) is 5.02 Å². The molecule has 0 amide bonds. The zero-order chi connectivity index (χ0) is 10.0. The third-order valence-corrected chi connectivity index (χ3v) is 2.53. The number of rotatable bonds is 1. The van der Waals surface area contributed by atoms with E-state index in [0.717, 1.165) is 0 Å². The Morgan fingerprint density at radius 2 is 1.85 bits per heavy atom. The van der Waals surface area contributed by atoms with Crippen molar-refractivity contribution in [1.29, 1.82) is 0 Å². The molecule has 5 heteroatoms. The molecule has 70 valence electrons. The molecular weight excluding hydrogens is 234 g/mol. The summed E-state index contributed by atoms with van der Waals surface area (Å²) >= 11 is 17.1. The summed E-state index contributed by atoms with van der Waals surface area (Å²) in [5.41, 5.74) is 0. The van der Waals surface area contributed by atoms with Gasteiger partial charge in [-0.3, -0.25) is 4.79 Å². The van der Waals surface area contributed by atoms with Crippen molar-refractivity contribution in [2.24, 2.45) is 0 Å². The van der Waals surface area contributed by atoms with Gasteiger partial charge < -0.3 is 4.74 Å². The van der Waals surface area contributed by atoms with Gasteiger partial charge in [-0.2, -0.15) is 0 Å². The van der Waals surface area contributed by atoms with Gasteiger partial charge in [0.25, 0.3) is 0 Å². The van der Waals surface area contributed by atoms with Crippen LogP contribution in [0.5, 0.6) is 5.75 Å². The topological polar surface area (TPSA) is 26.3 Å². The van der Waals surface area contributed by atoms with E-state index in [4.69, 9.17) is 39.5 Å². The van der Waals surface area contributed by atoms with Crippen molar-refractivity contribution >= 4 is 40.8 Å². The predicted octanol–water partition coefficient (Wildman–Crippen LogP) is 3.57. The number of hydrogen-bond donors (Lipinski definition) is 0. The lowest BCUT2D eigenvalue weighted by Crippen LogP contribution is -2.01. The Balaban J connectivity index is 3.10. The summed E-state index contributed by atoms with van der Waals surface area (Å²) in [5, 5.41) is 0.647. The van der Waals surface area contributed by atoms with E-state index >= 15 is 0 Å². The molecule has 0 N–H and O–H groups in total. The van der Waals surface area contributed by atoms with E-state index in [2.05, 4.69) is 0 Å². The Morgan fingerprint density at radius 1 is 1.23 bits per heavy atom. The van der Waals surface area contributed by atoms with Gasteiger partial charge in [-0.1, -0.05) is 34.8 Å². The molecule has 0 heterocycles. The number of carbonyl (C=O) groups excluding carboxylic acids is 1. The van der Waals surface area contributed by atoms with E-state index in [9.17, 15) is 4.79 Å². The van der Waals surface area contributed by atoms with Gasteiger partial charge in [0.2, 0.25) is 0 Å². The minimum Gasteiger partial charge on any atom is -0.425 e. The Morgan fingerprint density at radius 3 is 2.38 bits per heavy atom. The van der Waals surface area contributed by atoms with Crippen LogP contribution in [-0.4, -0.2) is 5.97 Å². The average Bonchev–Trinajstić information content (AvgIpc) is 2.06. The lowest BCUT2D eigenvalue weighted by molar-refractivity contribution is -0.131. The van der Waals surface area contributed by atoms with Crippen LogP contribution >= 0.6 is 34.8 Å². The molecule has 0 unspecified atom stereocenters. The minimum atomic E-state index is -0.458. The number of benzene rings is 1. The molecule has 2 nitrogen and oxygen atoms in total. The van der Waals surface area contributed by atoms with Crippen LogP contribution < -0.4 is 4.74 Å². The summed E-state index contributed by atoms with van der Waals surface area (Å²) in [6.45, 7) is 1.28. The lowest BCUT2D eigenvalue weighted by atomic mass is 10.3. The smallest absolute Gasteiger partial charge is 0.308 e. The number of ether oxygens (including phenoxy) is 1. The molecule has 0 bridgehead atoms. The van der Waals surface area contributed by atoms with Crippen LogP contribution in [0.25, 0.3) is 0 Å². The van der Waals surface area contributed by atoms with Crippen LogP contribution in [0.3, 0.4) is 0 Å². The molecule has 1 aromatic carbocycles. The molecule has 0 fully saturated rings. The number of carbonyl (C=O) groups is 1. The number of hydrogen-bond acceptors (Lipinski definition) is 2. The number of halogens is 3. The van der Waals surface area contributed by atoms with Gasteiger partial charge in [0, 0.05) is 6.92 Å². The third-order valence-electron chi connectivity index (χ3n) is 1.25. The summed E-state index contributed by atoms with van der Waals surface area (Å²) in [5.74, 6) is -0.246. The first-order valence-electron chi connectivity index (χ1n) is 3.34. The Kier molecular flexibility index (Phi) is 3.42. The maximum atomic E-state index is 10.6. The normalized spacial score (nSPS) is 9.85. The Hall–Kier alpha value is -0.440. The maximum absolute atomic E-state index is 10.6. The fourth-order valence-corrected chi connectivity index (χ4v) is 1.31. The van der Waals surface area contributed by atoms with Crippen molar-refractivity contribution in [1.82, 2.24) is 0 Å². The molecule has 1 rings (SSSR count). The summed E-state index contributed by atoms with van der Waals surface area (Å²) in [4.78, 5) is 10.6. The van der Waals surface area contributed by atoms with Crippen molar-refractivity contribution in [2.45, 2.75) is 6.92 Å². The third kappa shape index (κ3) is 2.50. The molecule has 13 heavy (non-hydrogen) atoms. The van der Waals surface area contributed by atoms with Crippen LogP contribution in [0.1, 0.15) is 6.92 Å².